The Kier molecular flexibility index (Phi) is 4.29. The summed E-state index contributed by atoms with van der Waals surface area (Å²) in [4.78, 5) is 11.5. The van der Waals surface area contributed by atoms with Crippen molar-refractivity contribution >= 4 is 5.78 Å². The molecule has 86 valence electrons. The molecule has 1 aliphatic carbocycles. The maximum absolute atomic E-state index is 11.5. The molecule has 0 bridgehead atoms. The minimum atomic E-state index is 0.0302. The second-order valence-electron chi connectivity index (χ2n) is 4.11. The average molecular weight is 218 g/mol. The molecule has 1 rings (SSSR count). The summed E-state index contributed by atoms with van der Waals surface area (Å²) >= 11 is 0. The first-order chi connectivity index (χ1) is 7.50. The van der Waals surface area contributed by atoms with Crippen molar-refractivity contribution in [1.82, 2.24) is 0 Å². The molecule has 0 aromatic rings. The lowest BCUT2D eigenvalue weighted by Crippen LogP contribution is -2.05. The lowest BCUT2D eigenvalue weighted by atomic mass is 10.1. The van der Waals surface area contributed by atoms with Gasteiger partial charge in [0.25, 0.3) is 0 Å². The number of rotatable bonds is 4. The number of Topliss-reactive ketones (excluding diaryl/α,β-unsaturated/α-hetero) is 1. The van der Waals surface area contributed by atoms with Gasteiger partial charge in [-0.3, -0.25) is 4.79 Å². The summed E-state index contributed by atoms with van der Waals surface area (Å²) in [6.07, 6.45) is 6.68. The predicted molar refractivity (Wildman–Crippen MR) is 66.0 cm³/mol. The van der Waals surface area contributed by atoms with Crippen molar-refractivity contribution in [3.63, 3.8) is 0 Å². The molecule has 0 spiro atoms. The first-order valence-corrected chi connectivity index (χ1v) is 5.38. The number of carbonyl (C=O) groups is 1. The summed E-state index contributed by atoms with van der Waals surface area (Å²) in [7, 11) is 0. The second-order valence-corrected chi connectivity index (χ2v) is 4.11. The van der Waals surface area contributed by atoms with Gasteiger partial charge in [-0.1, -0.05) is 18.2 Å². The Morgan fingerprint density at radius 1 is 1.44 bits per heavy atom. The smallest absolute Gasteiger partial charge is 0.163 e. The Bertz CT molecular complexity index is 395. The highest BCUT2D eigenvalue weighted by Crippen LogP contribution is 2.20. The molecule has 0 aromatic carbocycles. The van der Waals surface area contributed by atoms with E-state index in [0.717, 1.165) is 17.6 Å². The Hall–Kier alpha value is -1.57. The molecule has 1 aliphatic rings. The van der Waals surface area contributed by atoms with Gasteiger partial charge in [0.05, 0.1) is 5.57 Å². The minimum absolute atomic E-state index is 0.0302. The number of hydrogen-bond donors (Lipinski definition) is 0. The Balaban J connectivity index is 2.89. The number of ketones is 1. The number of allylic oxidation sites excluding steroid dienone is 5. The zero-order valence-corrected chi connectivity index (χ0v) is 10.2. The lowest BCUT2D eigenvalue weighted by Gasteiger charge is -2.11. The fraction of sp³-hybridized carbons (Fsp3) is 0.357. The molecule has 0 fully saturated rings. The van der Waals surface area contributed by atoms with Crippen molar-refractivity contribution < 1.29 is 9.53 Å². The molecule has 0 atom stereocenters. The van der Waals surface area contributed by atoms with Crippen LogP contribution in [0.2, 0.25) is 0 Å². The SMILES string of the molecule is C=C(C)COC1=CCC=C(C)C=C1C(C)=O. The van der Waals surface area contributed by atoms with E-state index in [-0.39, 0.29) is 5.78 Å². The molecular weight excluding hydrogens is 200 g/mol. The molecule has 0 amide bonds. The van der Waals surface area contributed by atoms with E-state index in [1.807, 2.05) is 26.0 Å². The van der Waals surface area contributed by atoms with Gasteiger partial charge in [0.2, 0.25) is 0 Å². The predicted octanol–water partition coefficient (Wildman–Crippen LogP) is 3.33. The Morgan fingerprint density at radius 3 is 2.69 bits per heavy atom. The average Bonchev–Trinajstić information content (AvgIpc) is 2.37. The van der Waals surface area contributed by atoms with Crippen LogP contribution in [-0.2, 0) is 9.53 Å². The van der Waals surface area contributed by atoms with E-state index in [1.54, 1.807) is 6.92 Å². The third-order valence-corrected chi connectivity index (χ3v) is 2.23. The lowest BCUT2D eigenvalue weighted by molar-refractivity contribution is -0.113. The number of carbonyl (C=O) groups excluding carboxylic acids is 1. The van der Waals surface area contributed by atoms with Crippen molar-refractivity contribution in [2.45, 2.75) is 27.2 Å². The first-order valence-electron chi connectivity index (χ1n) is 5.38. The van der Waals surface area contributed by atoms with E-state index in [4.69, 9.17) is 4.74 Å². The van der Waals surface area contributed by atoms with Crippen LogP contribution in [0.4, 0.5) is 0 Å². The van der Waals surface area contributed by atoms with Crippen LogP contribution in [0.15, 0.2) is 47.3 Å². The van der Waals surface area contributed by atoms with Gasteiger partial charge in [-0.25, -0.2) is 0 Å². The van der Waals surface area contributed by atoms with Crippen LogP contribution in [0.5, 0.6) is 0 Å². The van der Waals surface area contributed by atoms with Gasteiger partial charge in [-0.15, -0.1) is 0 Å². The van der Waals surface area contributed by atoms with E-state index in [9.17, 15) is 4.79 Å². The summed E-state index contributed by atoms with van der Waals surface area (Å²) in [6, 6.07) is 0. The molecule has 2 heteroatoms. The van der Waals surface area contributed by atoms with E-state index >= 15 is 0 Å². The molecule has 0 saturated heterocycles. The van der Waals surface area contributed by atoms with Crippen LogP contribution < -0.4 is 0 Å². The summed E-state index contributed by atoms with van der Waals surface area (Å²) in [5.41, 5.74) is 2.68. The molecular formula is C14H18O2. The first kappa shape index (κ1) is 12.5. The fourth-order valence-corrected chi connectivity index (χ4v) is 1.43. The van der Waals surface area contributed by atoms with Gasteiger partial charge in [0.15, 0.2) is 5.78 Å². The van der Waals surface area contributed by atoms with Crippen LogP contribution in [-0.4, -0.2) is 12.4 Å². The van der Waals surface area contributed by atoms with Gasteiger partial charge in [0, 0.05) is 0 Å². The molecule has 0 heterocycles. The maximum atomic E-state index is 11.5. The Labute approximate surface area is 97.0 Å². The third kappa shape index (κ3) is 3.54. The molecule has 0 unspecified atom stereocenters. The molecule has 0 N–H and O–H groups in total. The zero-order chi connectivity index (χ0) is 12.1. The standard InChI is InChI=1S/C14H18O2/c1-10(2)9-16-14-7-5-6-11(3)8-13(14)12(4)15/h6-8H,1,5,9H2,2-4H3. The second kappa shape index (κ2) is 5.50. The van der Waals surface area contributed by atoms with Crippen LogP contribution in [0.25, 0.3) is 0 Å². The summed E-state index contributed by atoms with van der Waals surface area (Å²) in [6.45, 7) is 9.68. The quantitative estimate of drug-likeness (QED) is 0.676. The van der Waals surface area contributed by atoms with Crippen LogP contribution in [0, 0.1) is 0 Å². The van der Waals surface area contributed by atoms with Gasteiger partial charge in [-0.2, -0.15) is 0 Å². The number of hydrogen-bond acceptors (Lipinski definition) is 2. The molecule has 0 radical (unpaired) electrons. The fourth-order valence-electron chi connectivity index (χ4n) is 1.43. The van der Waals surface area contributed by atoms with Crippen molar-refractivity contribution in [3.8, 4) is 0 Å². The summed E-state index contributed by atoms with van der Waals surface area (Å²) in [5, 5.41) is 0. The third-order valence-electron chi connectivity index (χ3n) is 2.23. The monoisotopic (exact) mass is 218 g/mol. The van der Waals surface area contributed by atoms with Crippen LogP contribution in [0.3, 0.4) is 0 Å². The van der Waals surface area contributed by atoms with Crippen molar-refractivity contribution in [3.05, 3.63) is 47.3 Å². The maximum Gasteiger partial charge on any atom is 0.163 e. The van der Waals surface area contributed by atoms with Gasteiger partial charge in [0.1, 0.15) is 12.4 Å². The van der Waals surface area contributed by atoms with E-state index < -0.39 is 0 Å². The highest BCUT2D eigenvalue weighted by atomic mass is 16.5. The largest absolute Gasteiger partial charge is 0.489 e. The highest BCUT2D eigenvalue weighted by molar-refractivity contribution is 5.97. The van der Waals surface area contributed by atoms with Crippen LogP contribution >= 0.6 is 0 Å². The van der Waals surface area contributed by atoms with E-state index in [0.29, 0.717) is 17.9 Å². The summed E-state index contributed by atoms with van der Waals surface area (Å²) < 4.78 is 5.59. The molecule has 0 aromatic heterocycles. The zero-order valence-electron chi connectivity index (χ0n) is 10.2. The summed E-state index contributed by atoms with van der Waals surface area (Å²) in [5.74, 6) is 0.700. The number of ether oxygens (including phenoxy) is 1. The topological polar surface area (TPSA) is 26.3 Å². The van der Waals surface area contributed by atoms with Crippen molar-refractivity contribution in [2.75, 3.05) is 6.61 Å². The van der Waals surface area contributed by atoms with Crippen LogP contribution in [0.1, 0.15) is 27.2 Å². The molecule has 0 saturated carbocycles. The van der Waals surface area contributed by atoms with Gasteiger partial charge in [-0.05, 0) is 44.9 Å². The Morgan fingerprint density at radius 2 is 2.12 bits per heavy atom. The molecule has 2 nitrogen and oxygen atoms in total. The highest BCUT2D eigenvalue weighted by Gasteiger charge is 2.13. The molecule has 0 aliphatic heterocycles. The van der Waals surface area contributed by atoms with E-state index in [2.05, 4.69) is 12.7 Å². The van der Waals surface area contributed by atoms with Crippen molar-refractivity contribution in [1.29, 1.82) is 0 Å². The minimum Gasteiger partial charge on any atom is -0.489 e. The van der Waals surface area contributed by atoms with Crippen molar-refractivity contribution in [2.24, 2.45) is 0 Å². The van der Waals surface area contributed by atoms with Gasteiger partial charge < -0.3 is 4.74 Å². The van der Waals surface area contributed by atoms with E-state index in [1.165, 1.54) is 0 Å². The van der Waals surface area contributed by atoms with Gasteiger partial charge >= 0.3 is 0 Å². The normalized spacial score (nSPS) is 15.6. The molecule has 16 heavy (non-hydrogen) atoms.